The molecular formula is C14H18N2O3S. The number of anilines is 1. The number of ether oxygens (including phenoxy) is 1. The van der Waals surface area contributed by atoms with E-state index in [4.69, 9.17) is 10.00 Å². The third-order valence-corrected chi connectivity index (χ3v) is 4.56. The maximum atomic E-state index is 11.9. The van der Waals surface area contributed by atoms with Gasteiger partial charge in [-0.25, -0.2) is 8.42 Å². The van der Waals surface area contributed by atoms with E-state index in [-0.39, 0.29) is 6.10 Å². The Morgan fingerprint density at radius 2 is 2.10 bits per heavy atom. The van der Waals surface area contributed by atoms with Crippen molar-refractivity contribution in [1.82, 2.24) is 0 Å². The summed E-state index contributed by atoms with van der Waals surface area (Å²) in [5, 5.41) is 8.78. The van der Waals surface area contributed by atoms with Crippen LogP contribution in [0.3, 0.4) is 0 Å². The Morgan fingerprint density at radius 3 is 2.60 bits per heavy atom. The van der Waals surface area contributed by atoms with Gasteiger partial charge in [-0.1, -0.05) is 0 Å². The fraction of sp³-hybridized carbons (Fsp3) is 0.500. The normalized spacial score (nSPS) is 18.7. The monoisotopic (exact) mass is 294 g/mol. The number of hydrogen-bond acceptors (Lipinski definition) is 4. The Bertz CT molecular complexity index is 584. The van der Waals surface area contributed by atoms with Gasteiger partial charge >= 0.3 is 0 Å². The first-order valence-electron chi connectivity index (χ1n) is 6.60. The molecular weight excluding hydrogens is 276 g/mol. The van der Waals surface area contributed by atoms with E-state index < -0.39 is 10.0 Å². The number of nitrogens with zero attached hydrogens (tertiary/aromatic N) is 2. The van der Waals surface area contributed by atoms with Crippen molar-refractivity contribution in [3.8, 4) is 6.07 Å². The van der Waals surface area contributed by atoms with Gasteiger partial charge in [0.05, 0.1) is 29.7 Å². The van der Waals surface area contributed by atoms with E-state index in [0.717, 1.165) is 19.4 Å². The Kier molecular flexibility index (Phi) is 4.63. The molecule has 0 radical (unpaired) electrons. The number of hydrogen-bond donors (Lipinski definition) is 0. The van der Waals surface area contributed by atoms with Crippen LogP contribution in [0.5, 0.6) is 0 Å². The zero-order valence-electron chi connectivity index (χ0n) is 11.4. The van der Waals surface area contributed by atoms with Crippen LogP contribution < -0.4 is 4.31 Å². The number of benzene rings is 1. The van der Waals surface area contributed by atoms with Crippen LogP contribution in [0.25, 0.3) is 0 Å². The molecule has 1 saturated heterocycles. The van der Waals surface area contributed by atoms with Gasteiger partial charge in [0.15, 0.2) is 0 Å². The molecule has 1 heterocycles. The first-order chi connectivity index (χ1) is 9.50. The Labute approximate surface area is 119 Å². The topological polar surface area (TPSA) is 70.4 Å². The van der Waals surface area contributed by atoms with Crippen molar-refractivity contribution in [2.24, 2.45) is 0 Å². The summed E-state index contributed by atoms with van der Waals surface area (Å²) in [6.07, 6.45) is 4.07. The van der Waals surface area contributed by atoms with Crippen LogP contribution in [-0.2, 0) is 14.8 Å². The molecule has 2 rings (SSSR count). The molecule has 0 saturated carbocycles. The molecule has 108 valence electrons. The number of nitriles is 1. The van der Waals surface area contributed by atoms with E-state index in [1.165, 1.54) is 10.6 Å². The average molecular weight is 294 g/mol. The highest BCUT2D eigenvalue weighted by Gasteiger charge is 2.21. The van der Waals surface area contributed by atoms with Gasteiger partial charge in [-0.3, -0.25) is 4.31 Å². The van der Waals surface area contributed by atoms with Gasteiger partial charge in [0.1, 0.15) is 0 Å². The van der Waals surface area contributed by atoms with Crippen LogP contribution in [-0.4, -0.2) is 33.9 Å². The molecule has 0 spiro atoms. The van der Waals surface area contributed by atoms with Crippen LogP contribution in [0.4, 0.5) is 5.69 Å². The Morgan fingerprint density at radius 1 is 1.40 bits per heavy atom. The van der Waals surface area contributed by atoms with Crippen LogP contribution in [0, 0.1) is 11.3 Å². The second-order valence-corrected chi connectivity index (χ2v) is 6.82. The maximum Gasteiger partial charge on any atom is 0.232 e. The highest BCUT2D eigenvalue weighted by Crippen LogP contribution is 2.21. The molecule has 0 amide bonds. The lowest BCUT2D eigenvalue weighted by Gasteiger charge is -2.23. The highest BCUT2D eigenvalue weighted by atomic mass is 32.2. The quantitative estimate of drug-likeness (QED) is 0.831. The largest absolute Gasteiger partial charge is 0.378 e. The molecule has 20 heavy (non-hydrogen) atoms. The van der Waals surface area contributed by atoms with Crippen molar-refractivity contribution in [2.75, 3.05) is 23.7 Å². The highest BCUT2D eigenvalue weighted by molar-refractivity contribution is 7.92. The zero-order valence-corrected chi connectivity index (χ0v) is 12.3. The molecule has 1 atom stereocenters. The van der Waals surface area contributed by atoms with Crippen molar-refractivity contribution in [1.29, 1.82) is 5.26 Å². The summed E-state index contributed by atoms with van der Waals surface area (Å²) in [5.74, 6) is 0. The molecule has 1 aliphatic heterocycles. The summed E-state index contributed by atoms with van der Waals surface area (Å²) < 4.78 is 30.7. The van der Waals surface area contributed by atoms with Crippen LogP contribution >= 0.6 is 0 Å². The summed E-state index contributed by atoms with van der Waals surface area (Å²) in [5.41, 5.74) is 1.10. The molecule has 0 N–H and O–H groups in total. The van der Waals surface area contributed by atoms with Gasteiger partial charge in [0.2, 0.25) is 10.0 Å². The Hall–Kier alpha value is -1.58. The fourth-order valence-electron chi connectivity index (χ4n) is 2.32. The van der Waals surface area contributed by atoms with Gasteiger partial charge in [-0.05, 0) is 43.5 Å². The summed E-state index contributed by atoms with van der Waals surface area (Å²) in [4.78, 5) is 0. The van der Waals surface area contributed by atoms with E-state index >= 15 is 0 Å². The van der Waals surface area contributed by atoms with Gasteiger partial charge < -0.3 is 4.74 Å². The average Bonchev–Trinajstić information content (AvgIpc) is 2.91. The predicted octanol–water partition coefficient (Wildman–Crippen LogP) is 1.89. The van der Waals surface area contributed by atoms with Gasteiger partial charge in [-0.15, -0.1) is 0 Å². The lowest BCUT2D eigenvalue weighted by molar-refractivity contribution is 0.106. The molecule has 0 bridgehead atoms. The zero-order chi connectivity index (χ0) is 14.6. The van der Waals surface area contributed by atoms with Crippen molar-refractivity contribution < 1.29 is 13.2 Å². The molecule has 5 nitrogen and oxygen atoms in total. The van der Waals surface area contributed by atoms with Crippen molar-refractivity contribution in [3.63, 3.8) is 0 Å². The summed E-state index contributed by atoms with van der Waals surface area (Å²) in [6.45, 7) is 1.16. The third kappa shape index (κ3) is 3.71. The molecule has 0 aromatic heterocycles. The minimum absolute atomic E-state index is 0.151. The third-order valence-electron chi connectivity index (χ3n) is 3.36. The second kappa shape index (κ2) is 6.25. The Balaban J connectivity index is 2.12. The van der Waals surface area contributed by atoms with E-state index in [1.807, 2.05) is 6.07 Å². The fourth-order valence-corrected chi connectivity index (χ4v) is 3.26. The van der Waals surface area contributed by atoms with E-state index in [2.05, 4.69) is 0 Å². The van der Waals surface area contributed by atoms with Crippen molar-refractivity contribution in [2.45, 2.75) is 25.4 Å². The van der Waals surface area contributed by atoms with E-state index in [1.54, 1.807) is 24.3 Å². The molecule has 6 heteroatoms. The molecule has 0 aliphatic carbocycles. The van der Waals surface area contributed by atoms with Crippen molar-refractivity contribution in [3.05, 3.63) is 29.8 Å². The SMILES string of the molecule is CS(=O)(=O)N(CCC1CCCO1)c1ccc(C#N)cc1. The maximum absolute atomic E-state index is 11.9. The predicted molar refractivity (Wildman–Crippen MR) is 76.9 cm³/mol. The molecule has 1 fully saturated rings. The van der Waals surface area contributed by atoms with E-state index in [9.17, 15) is 8.42 Å². The van der Waals surface area contributed by atoms with Gasteiger partial charge in [0, 0.05) is 13.2 Å². The first kappa shape index (κ1) is 14.8. The minimum atomic E-state index is -3.33. The van der Waals surface area contributed by atoms with E-state index in [0.29, 0.717) is 24.2 Å². The summed E-state index contributed by atoms with van der Waals surface area (Å²) in [6, 6.07) is 8.59. The van der Waals surface area contributed by atoms with Gasteiger partial charge in [-0.2, -0.15) is 5.26 Å². The lowest BCUT2D eigenvalue weighted by Crippen LogP contribution is -2.32. The number of sulfonamides is 1. The smallest absolute Gasteiger partial charge is 0.232 e. The minimum Gasteiger partial charge on any atom is -0.378 e. The molecule has 1 aromatic rings. The molecule has 1 aromatic carbocycles. The van der Waals surface area contributed by atoms with Crippen LogP contribution in [0.15, 0.2) is 24.3 Å². The summed E-state index contributed by atoms with van der Waals surface area (Å²) in [7, 11) is -3.33. The second-order valence-electron chi connectivity index (χ2n) is 4.92. The number of rotatable bonds is 5. The molecule has 1 unspecified atom stereocenters. The molecule has 1 aliphatic rings. The van der Waals surface area contributed by atoms with Crippen LogP contribution in [0.2, 0.25) is 0 Å². The first-order valence-corrected chi connectivity index (χ1v) is 8.45. The standard InChI is InChI=1S/C14H18N2O3S/c1-20(17,18)16(9-8-14-3-2-10-19-14)13-6-4-12(11-15)5-7-13/h4-7,14H,2-3,8-10H2,1H3. The lowest BCUT2D eigenvalue weighted by atomic mass is 10.2. The van der Waals surface area contributed by atoms with Crippen molar-refractivity contribution >= 4 is 15.7 Å². The van der Waals surface area contributed by atoms with Crippen LogP contribution in [0.1, 0.15) is 24.8 Å². The van der Waals surface area contributed by atoms with Gasteiger partial charge in [0.25, 0.3) is 0 Å². The summed E-state index contributed by atoms with van der Waals surface area (Å²) >= 11 is 0.